The van der Waals surface area contributed by atoms with Crippen LogP contribution in [0.5, 0.6) is 0 Å². The van der Waals surface area contributed by atoms with E-state index in [2.05, 4.69) is 9.97 Å². The van der Waals surface area contributed by atoms with Gasteiger partial charge in [0.05, 0.1) is 11.1 Å². The van der Waals surface area contributed by atoms with Crippen molar-refractivity contribution in [1.82, 2.24) is 9.97 Å². The average Bonchev–Trinajstić information content (AvgIpc) is 3.23. The fourth-order valence-corrected chi connectivity index (χ4v) is 5.17. The molecule has 1 aliphatic rings. The zero-order valence-corrected chi connectivity index (χ0v) is 19.5. The van der Waals surface area contributed by atoms with Crippen molar-refractivity contribution in [2.45, 2.75) is 27.7 Å². The molecule has 6 heteroatoms. The topological polar surface area (TPSA) is 65.7 Å². The number of hydrogen-bond donors (Lipinski definition) is 2. The Morgan fingerprint density at radius 1 is 0.625 bits per heavy atom. The number of hydrogen-bond acceptors (Lipinski definition) is 2. The second kappa shape index (κ2) is 7.22. The molecule has 2 heterocycles. The van der Waals surface area contributed by atoms with Crippen molar-refractivity contribution in [2.75, 3.05) is 0 Å². The van der Waals surface area contributed by atoms with Gasteiger partial charge in [-0.25, -0.2) is 0 Å². The van der Waals surface area contributed by atoms with Gasteiger partial charge in [0, 0.05) is 44.3 Å². The highest BCUT2D eigenvalue weighted by Gasteiger charge is 2.37. The fraction of sp³-hybridized carbons (Fsp3) is 0.154. The molecule has 160 valence electrons. The zero-order chi connectivity index (χ0) is 22.9. The first-order valence-corrected chi connectivity index (χ1v) is 11.0. The van der Waals surface area contributed by atoms with Crippen LogP contribution in [0.1, 0.15) is 33.6 Å². The Labute approximate surface area is 194 Å². The zero-order valence-electron chi connectivity index (χ0n) is 18.0. The molecular weight excluding hydrogens is 443 g/mol. The van der Waals surface area contributed by atoms with Crippen molar-refractivity contribution in [3.05, 3.63) is 80.1 Å². The maximum Gasteiger partial charge on any atom is 0.207 e. The fourth-order valence-electron chi connectivity index (χ4n) is 4.62. The molecule has 0 saturated heterocycles. The molecule has 4 aromatic rings. The van der Waals surface area contributed by atoms with E-state index in [0.29, 0.717) is 11.1 Å². The molecule has 0 spiro atoms. The molecule has 5 rings (SSSR count). The van der Waals surface area contributed by atoms with Crippen molar-refractivity contribution >= 4 is 67.7 Å². The van der Waals surface area contributed by atoms with Crippen LogP contribution in [0.15, 0.2) is 46.5 Å². The molecule has 0 atom stereocenters. The Bertz CT molecular complexity index is 1450. The second-order valence-corrected chi connectivity index (χ2v) is 9.14. The summed E-state index contributed by atoms with van der Waals surface area (Å²) in [5, 5.41) is 1.45. The number of aromatic amines is 2. The third kappa shape index (κ3) is 2.90. The molecule has 0 aliphatic heterocycles. The minimum absolute atomic E-state index is 0.110. The summed E-state index contributed by atoms with van der Waals surface area (Å²) < 4.78 is 0. The molecule has 0 amide bonds. The highest BCUT2D eigenvalue weighted by Crippen LogP contribution is 2.44. The number of aromatic nitrogens is 2. The summed E-state index contributed by atoms with van der Waals surface area (Å²) >= 11 is 13.3. The minimum Gasteiger partial charge on any atom is -0.358 e. The average molecular weight is 463 g/mol. The summed E-state index contributed by atoms with van der Waals surface area (Å²) in [7, 11) is 0. The van der Waals surface area contributed by atoms with Crippen LogP contribution in [0.25, 0.3) is 33.0 Å². The van der Waals surface area contributed by atoms with E-state index < -0.39 is 11.6 Å². The summed E-state index contributed by atoms with van der Waals surface area (Å²) in [5.41, 5.74) is 6.86. The maximum absolute atomic E-state index is 13.6. The summed E-state index contributed by atoms with van der Waals surface area (Å²) in [6.07, 6.45) is 0. The lowest BCUT2D eigenvalue weighted by atomic mass is 9.86. The molecule has 32 heavy (non-hydrogen) atoms. The molecule has 0 radical (unpaired) electrons. The van der Waals surface area contributed by atoms with Gasteiger partial charge in [-0.1, -0.05) is 46.5 Å². The predicted octanol–water partition coefficient (Wildman–Crippen LogP) is 6.63. The van der Waals surface area contributed by atoms with Crippen LogP contribution in [0, 0.1) is 27.7 Å². The number of rotatable bonds is 2. The number of benzene rings is 2. The Kier molecular flexibility index (Phi) is 4.70. The van der Waals surface area contributed by atoms with Crippen molar-refractivity contribution < 1.29 is 9.59 Å². The van der Waals surface area contributed by atoms with E-state index in [4.69, 9.17) is 23.2 Å². The number of nitrogens with one attached hydrogen (secondary N) is 2. The Hall–Kier alpha value is -3.08. The summed E-state index contributed by atoms with van der Waals surface area (Å²) in [5.74, 6) is -0.892. The molecule has 0 unspecified atom stereocenters. The number of halogens is 2. The van der Waals surface area contributed by atoms with Crippen molar-refractivity contribution in [2.24, 2.45) is 0 Å². The number of carbonyl (C=O) groups is 2. The standard InChI is InChI=1S/C26H20Cl2N2O2/c1-11-5-7-17-15(9-11)19(13(3)29-17)21-23(27)26(32)22(24(28)25(21)31)20-14(4)30-18-8-6-12(2)10-16(18)20/h5-10,29-30H,1-4H3. The number of fused-ring (bicyclic) bond motifs is 2. The van der Waals surface area contributed by atoms with Crippen LogP contribution in [-0.4, -0.2) is 21.5 Å². The Morgan fingerprint density at radius 2 is 1.00 bits per heavy atom. The number of allylic oxidation sites excluding steroid dienone is 4. The van der Waals surface area contributed by atoms with E-state index in [9.17, 15) is 9.59 Å². The molecule has 0 saturated carbocycles. The number of Topliss-reactive ketones (excluding diaryl/α,β-unsaturated/α-hetero) is 2. The first-order valence-electron chi connectivity index (χ1n) is 10.3. The van der Waals surface area contributed by atoms with Gasteiger partial charge < -0.3 is 9.97 Å². The molecule has 4 nitrogen and oxygen atoms in total. The number of ketones is 2. The molecule has 0 fully saturated rings. The summed E-state index contributed by atoms with van der Waals surface area (Å²) in [4.78, 5) is 33.7. The van der Waals surface area contributed by atoms with Crippen LogP contribution in [0.4, 0.5) is 0 Å². The first kappa shape index (κ1) is 20.8. The van der Waals surface area contributed by atoms with Gasteiger partial charge >= 0.3 is 0 Å². The van der Waals surface area contributed by atoms with Crippen molar-refractivity contribution in [3.63, 3.8) is 0 Å². The smallest absolute Gasteiger partial charge is 0.207 e. The second-order valence-electron chi connectivity index (χ2n) is 8.38. The summed E-state index contributed by atoms with van der Waals surface area (Å²) in [6.45, 7) is 7.67. The molecule has 1 aliphatic carbocycles. The highest BCUT2D eigenvalue weighted by atomic mass is 35.5. The minimum atomic E-state index is -0.446. The molecule has 2 aromatic heterocycles. The number of aryl methyl sites for hydroxylation is 4. The number of H-pyrrole nitrogens is 2. The van der Waals surface area contributed by atoms with Crippen LogP contribution < -0.4 is 0 Å². The first-order chi connectivity index (χ1) is 15.2. The van der Waals surface area contributed by atoms with Crippen molar-refractivity contribution in [1.29, 1.82) is 0 Å². The van der Waals surface area contributed by atoms with E-state index in [0.717, 1.165) is 44.3 Å². The SMILES string of the molecule is Cc1ccc2[nH]c(C)c(C3=C(Cl)C(=O)C(c4c(C)[nH]c5ccc(C)cc45)=C(Cl)C3=O)c2c1. The largest absolute Gasteiger partial charge is 0.358 e. The van der Waals surface area contributed by atoms with Crippen LogP contribution in [0.3, 0.4) is 0 Å². The monoisotopic (exact) mass is 462 g/mol. The van der Waals surface area contributed by atoms with Crippen LogP contribution in [-0.2, 0) is 9.59 Å². The Balaban J connectivity index is 1.76. The van der Waals surface area contributed by atoms with Gasteiger partial charge in [-0.15, -0.1) is 0 Å². The maximum atomic E-state index is 13.6. The number of carbonyl (C=O) groups excluding carboxylic acids is 2. The van der Waals surface area contributed by atoms with Crippen molar-refractivity contribution in [3.8, 4) is 0 Å². The predicted molar refractivity (Wildman–Crippen MR) is 131 cm³/mol. The van der Waals surface area contributed by atoms with Crippen LogP contribution in [0.2, 0.25) is 0 Å². The van der Waals surface area contributed by atoms with E-state index in [-0.39, 0.29) is 21.2 Å². The highest BCUT2D eigenvalue weighted by molar-refractivity contribution is 6.68. The lowest BCUT2D eigenvalue weighted by Crippen LogP contribution is -2.19. The van der Waals surface area contributed by atoms with E-state index in [1.54, 1.807) is 0 Å². The van der Waals surface area contributed by atoms with Crippen LogP contribution >= 0.6 is 23.2 Å². The molecule has 2 N–H and O–H groups in total. The molecule has 2 aromatic carbocycles. The normalized spacial score (nSPS) is 15.1. The van der Waals surface area contributed by atoms with Gasteiger partial charge in [0.15, 0.2) is 0 Å². The lowest BCUT2D eigenvalue weighted by molar-refractivity contribution is -0.113. The quantitative estimate of drug-likeness (QED) is 0.328. The lowest BCUT2D eigenvalue weighted by Gasteiger charge is -2.19. The van der Waals surface area contributed by atoms with E-state index >= 15 is 0 Å². The summed E-state index contributed by atoms with van der Waals surface area (Å²) in [6, 6.07) is 11.8. The van der Waals surface area contributed by atoms with E-state index in [1.165, 1.54) is 0 Å². The van der Waals surface area contributed by atoms with Gasteiger partial charge in [-0.3, -0.25) is 9.59 Å². The van der Waals surface area contributed by atoms with Gasteiger partial charge in [-0.05, 0) is 52.0 Å². The van der Waals surface area contributed by atoms with Gasteiger partial charge in [0.2, 0.25) is 11.6 Å². The van der Waals surface area contributed by atoms with Gasteiger partial charge in [0.25, 0.3) is 0 Å². The third-order valence-electron chi connectivity index (χ3n) is 6.07. The third-order valence-corrected chi connectivity index (χ3v) is 6.80. The van der Waals surface area contributed by atoms with Gasteiger partial charge in [0.1, 0.15) is 10.1 Å². The molecular formula is C26H20Cl2N2O2. The van der Waals surface area contributed by atoms with E-state index in [1.807, 2.05) is 64.1 Å². The Morgan fingerprint density at radius 3 is 1.38 bits per heavy atom. The van der Waals surface area contributed by atoms with Gasteiger partial charge in [-0.2, -0.15) is 0 Å². The molecule has 0 bridgehead atoms.